The van der Waals surface area contributed by atoms with E-state index in [0.29, 0.717) is 24.1 Å². The van der Waals surface area contributed by atoms with Gasteiger partial charge in [-0.25, -0.2) is 0 Å². The van der Waals surface area contributed by atoms with Crippen LogP contribution in [0.15, 0.2) is 78.9 Å². The number of carbonyl (C=O) groups excluding carboxylic acids is 2. The number of amides is 1. The fraction of sp³-hybridized carbons (Fsp3) is 0.0909. The van der Waals surface area contributed by atoms with Crippen molar-refractivity contribution in [2.75, 3.05) is 4.90 Å². The third kappa shape index (κ3) is 2.85. The van der Waals surface area contributed by atoms with E-state index < -0.39 is 0 Å². The molecule has 3 heteroatoms. The normalized spacial score (nSPS) is 13.0. The molecule has 25 heavy (non-hydrogen) atoms. The third-order valence-corrected chi connectivity index (χ3v) is 4.50. The summed E-state index contributed by atoms with van der Waals surface area (Å²) in [6, 6.07) is 24.6. The van der Waals surface area contributed by atoms with Gasteiger partial charge in [-0.1, -0.05) is 72.8 Å². The van der Waals surface area contributed by atoms with Crippen molar-refractivity contribution >= 4 is 17.4 Å². The zero-order valence-corrected chi connectivity index (χ0v) is 13.7. The lowest BCUT2D eigenvalue weighted by Gasteiger charge is -2.20. The minimum atomic E-state index is -0.0507. The Hall–Kier alpha value is -3.20. The van der Waals surface area contributed by atoms with E-state index in [1.54, 1.807) is 17.0 Å². The van der Waals surface area contributed by atoms with Crippen LogP contribution in [0.4, 0.5) is 5.69 Å². The zero-order valence-electron chi connectivity index (χ0n) is 13.7. The van der Waals surface area contributed by atoms with Crippen LogP contribution in [0.3, 0.4) is 0 Å². The van der Waals surface area contributed by atoms with Gasteiger partial charge >= 0.3 is 0 Å². The molecule has 1 aliphatic rings. The Morgan fingerprint density at radius 3 is 2.24 bits per heavy atom. The summed E-state index contributed by atoms with van der Waals surface area (Å²) in [6.45, 7) is 0.478. The number of hydrogen-bond donors (Lipinski definition) is 0. The number of para-hydroxylation sites is 1. The summed E-state index contributed by atoms with van der Waals surface area (Å²) in [4.78, 5) is 27.3. The molecule has 3 nitrogen and oxygen atoms in total. The fourth-order valence-corrected chi connectivity index (χ4v) is 3.30. The molecular weight excluding hydrogens is 310 g/mol. The van der Waals surface area contributed by atoms with Crippen molar-refractivity contribution in [3.8, 4) is 0 Å². The number of ketones is 1. The van der Waals surface area contributed by atoms with Crippen LogP contribution in [0.1, 0.15) is 27.0 Å². The summed E-state index contributed by atoms with van der Waals surface area (Å²) in [7, 11) is 0. The van der Waals surface area contributed by atoms with Gasteiger partial charge in [0.25, 0.3) is 0 Å². The van der Waals surface area contributed by atoms with Gasteiger partial charge < -0.3 is 4.90 Å². The van der Waals surface area contributed by atoms with E-state index in [2.05, 4.69) is 0 Å². The van der Waals surface area contributed by atoms with Crippen molar-refractivity contribution in [2.45, 2.75) is 13.0 Å². The van der Waals surface area contributed by atoms with Gasteiger partial charge in [0.05, 0.1) is 18.7 Å². The molecule has 0 radical (unpaired) electrons. The predicted molar refractivity (Wildman–Crippen MR) is 97.7 cm³/mol. The highest BCUT2D eigenvalue weighted by molar-refractivity contribution is 6.16. The molecule has 0 unspecified atom stereocenters. The summed E-state index contributed by atoms with van der Waals surface area (Å²) in [5.41, 5.74) is 3.94. The highest BCUT2D eigenvalue weighted by Gasteiger charge is 2.31. The molecule has 0 aliphatic carbocycles. The van der Waals surface area contributed by atoms with Crippen molar-refractivity contribution in [3.05, 3.63) is 101 Å². The third-order valence-electron chi connectivity index (χ3n) is 4.50. The number of benzene rings is 3. The van der Waals surface area contributed by atoms with Gasteiger partial charge in [0.15, 0.2) is 5.78 Å². The number of fused-ring (bicyclic) bond motifs is 1. The first kappa shape index (κ1) is 15.3. The first-order valence-electron chi connectivity index (χ1n) is 8.30. The Balaban J connectivity index is 1.76. The summed E-state index contributed by atoms with van der Waals surface area (Å²) in [5.74, 6) is -0.0163. The highest BCUT2D eigenvalue weighted by Crippen LogP contribution is 2.35. The largest absolute Gasteiger partial charge is 0.307 e. The smallest absolute Gasteiger partial charge is 0.231 e. The van der Waals surface area contributed by atoms with Crippen molar-refractivity contribution in [1.82, 2.24) is 0 Å². The highest BCUT2D eigenvalue weighted by atomic mass is 16.2. The Morgan fingerprint density at radius 1 is 0.840 bits per heavy atom. The van der Waals surface area contributed by atoms with E-state index in [9.17, 15) is 9.59 Å². The second-order valence-corrected chi connectivity index (χ2v) is 6.15. The van der Waals surface area contributed by atoms with Gasteiger partial charge in [0.2, 0.25) is 5.91 Å². The van der Waals surface area contributed by atoms with Crippen LogP contribution in [-0.4, -0.2) is 11.7 Å². The van der Waals surface area contributed by atoms with Crippen molar-refractivity contribution in [1.29, 1.82) is 0 Å². The van der Waals surface area contributed by atoms with Crippen LogP contribution in [0.5, 0.6) is 0 Å². The van der Waals surface area contributed by atoms with Gasteiger partial charge in [0, 0.05) is 11.1 Å². The van der Waals surface area contributed by atoms with Crippen LogP contribution in [0, 0.1) is 0 Å². The lowest BCUT2D eigenvalue weighted by atomic mass is 9.99. The molecule has 0 aromatic heterocycles. The van der Waals surface area contributed by atoms with Crippen LogP contribution in [-0.2, 0) is 17.8 Å². The lowest BCUT2D eigenvalue weighted by Crippen LogP contribution is -2.27. The summed E-state index contributed by atoms with van der Waals surface area (Å²) in [5, 5.41) is 0. The molecule has 122 valence electrons. The first-order chi connectivity index (χ1) is 12.2. The number of anilines is 1. The van der Waals surface area contributed by atoms with Crippen molar-refractivity contribution in [3.63, 3.8) is 0 Å². The number of rotatable bonds is 4. The summed E-state index contributed by atoms with van der Waals surface area (Å²) in [6.07, 6.45) is 0.345. The molecule has 0 saturated heterocycles. The van der Waals surface area contributed by atoms with Crippen molar-refractivity contribution < 1.29 is 9.59 Å². The summed E-state index contributed by atoms with van der Waals surface area (Å²) < 4.78 is 0. The van der Waals surface area contributed by atoms with E-state index in [1.165, 1.54) is 0 Å². The van der Waals surface area contributed by atoms with E-state index in [4.69, 9.17) is 0 Å². The second-order valence-electron chi connectivity index (χ2n) is 6.15. The lowest BCUT2D eigenvalue weighted by molar-refractivity contribution is -0.117. The van der Waals surface area contributed by atoms with Crippen LogP contribution >= 0.6 is 0 Å². The maximum atomic E-state index is 13.0. The molecule has 4 rings (SSSR count). The minimum Gasteiger partial charge on any atom is -0.307 e. The van der Waals surface area contributed by atoms with Gasteiger partial charge in [-0.15, -0.1) is 0 Å². The van der Waals surface area contributed by atoms with Crippen LogP contribution < -0.4 is 4.90 Å². The van der Waals surface area contributed by atoms with Crippen molar-refractivity contribution in [2.24, 2.45) is 0 Å². The fourth-order valence-electron chi connectivity index (χ4n) is 3.30. The molecule has 0 saturated carbocycles. The second kappa shape index (κ2) is 6.36. The molecule has 0 N–H and O–H groups in total. The summed E-state index contributed by atoms with van der Waals surface area (Å²) >= 11 is 0. The average molecular weight is 327 g/mol. The molecule has 1 aliphatic heterocycles. The molecular formula is C22H17NO2. The van der Waals surface area contributed by atoms with Crippen LogP contribution in [0.25, 0.3) is 0 Å². The Bertz CT molecular complexity index is 933. The predicted octanol–water partition coefficient (Wildman–Crippen LogP) is 4.01. The number of nitrogens with zero attached hydrogens (tertiary/aromatic N) is 1. The quantitative estimate of drug-likeness (QED) is 0.679. The standard InChI is InChI=1S/C22H17NO2/c24-20-14-18-12-7-13-19(22(25)17-10-5-2-6-11-17)21(18)23(20)15-16-8-3-1-4-9-16/h1-13H,14-15H2. The van der Waals surface area contributed by atoms with Gasteiger partial charge in [-0.3, -0.25) is 9.59 Å². The molecule has 3 aromatic rings. The molecule has 0 fully saturated rings. The average Bonchev–Trinajstić information content (AvgIpc) is 2.98. The molecule has 0 bridgehead atoms. The van der Waals surface area contributed by atoms with Gasteiger partial charge in [-0.2, -0.15) is 0 Å². The molecule has 0 spiro atoms. The van der Waals surface area contributed by atoms with E-state index in [0.717, 1.165) is 16.8 Å². The molecule has 1 amide bonds. The van der Waals surface area contributed by atoms with Gasteiger partial charge in [-0.05, 0) is 17.2 Å². The monoisotopic (exact) mass is 327 g/mol. The van der Waals surface area contributed by atoms with Gasteiger partial charge in [0.1, 0.15) is 0 Å². The van der Waals surface area contributed by atoms with Crippen LogP contribution in [0.2, 0.25) is 0 Å². The van der Waals surface area contributed by atoms with E-state index in [-0.39, 0.29) is 11.7 Å². The Kier molecular flexibility index (Phi) is 3.90. The molecule has 3 aromatic carbocycles. The minimum absolute atomic E-state index is 0.0344. The Morgan fingerprint density at radius 2 is 1.52 bits per heavy atom. The van der Waals surface area contributed by atoms with E-state index in [1.807, 2.05) is 66.7 Å². The first-order valence-corrected chi connectivity index (χ1v) is 8.30. The molecule has 0 atom stereocenters. The maximum Gasteiger partial charge on any atom is 0.231 e. The number of hydrogen-bond acceptors (Lipinski definition) is 2. The van der Waals surface area contributed by atoms with E-state index >= 15 is 0 Å². The Labute approximate surface area is 146 Å². The topological polar surface area (TPSA) is 37.4 Å². The maximum absolute atomic E-state index is 13.0. The zero-order chi connectivity index (χ0) is 17.2. The molecule has 1 heterocycles. The SMILES string of the molecule is O=C(c1ccccc1)c1cccc2c1N(Cc1ccccc1)C(=O)C2. The number of carbonyl (C=O) groups is 2.